The predicted molar refractivity (Wildman–Crippen MR) is 40.1 cm³/mol. The second-order valence-corrected chi connectivity index (χ2v) is 4.41. The van der Waals surface area contributed by atoms with Gasteiger partial charge in [0.1, 0.15) is 4.20 Å². The van der Waals surface area contributed by atoms with E-state index < -0.39 is 10.3 Å². The Morgan fingerprint density at radius 3 is 2.56 bits per heavy atom. The molecule has 1 aliphatic rings. The van der Waals surface area contributed by atoms with Gasteiger partial charge in [-0.05, 0) is 0 Å². The summed E-state index contributed by atoms with van der Waals surface area (Å²) in [5, 5.41) is 0. The largest absolute Gasteiger partial charge is 0.224 e. The van der Waals surface area contributed by atoms with Crippen LogP contribution in [0, 0.1) is 0 Å². The normalized spacial score (nSPS) is 17.9. The standard InChI is InChI=1S/C4H3ClO2S2/c5-3-1-2-4(8-3)9(6)7/h1H,2H2. The molecular weight excluding hydrogens is 180 g/mol. The molecule has 0 amide bonds. The first-order valence-electron chi connectivity index (χ1n) is 2.19. The van der Waals surface area contributed by atoms with E-state index in [0.29, 0.717) is 15.0 Å². The molecule has 1 rings (SSSR count). The Kier molecular flexibility index (Phi) is 2.21. The van der Waals surface area contributed by atoms with Crippen LogP contribution in [-0.2, 0) is 10.3 Å². The molecule has 0 atom stereocenters. The van der Waals surface area contributed by atoms with E-state index in [1.54, 1.807) is 6.08 Å². The summed E-state index contributed by atoms with van der Waals surface area (Å²) >= 11 is 6.59. The van der Waals surface area contributed by atoms with Crippen LogP contribution in [0.5, 0.6) is 0 Å². The van der Waals surface area contributed by atoms with Gasteiger partial charge in [-0.1, -0.05) is 29.4 Å². The Morgan fingerprint density at radius 2 is 2.33 bits per heavy atom. The molecule has 9 heavy (non-hydrogen) atoms. The predicted octanol–water partition coefficient (Wildman–Crippen LogP) is 1.21. The molecular formula is C4H3ClO2S2. The molecule has 0 aromatic heterocycles. The zero-order chi connectivity index (χ0) is 6.85. The van der Waals surface area contributed by atoms with E-state index in [0.717, 1.165) is 11.8 Å². The van der Waals surface area contributed by atoms with Gasteiger partial charge in [-0.3, -0.25) is 0 Å². The second-order valence-electron chi connectivity index (χ2n) is 1.42. The van der Waals surface area contributed by atoms with Crippen LogP contribution in [-0.4, -0.2) is 12.6 Å². The Bertz CT molecular complexity index is 267. The van der Waals surface area contributed by atoms with Crippen molar-refractivity contribution in [3.05, 3.63) is 10.4 Å². The number of rotatable bonds is 0. The van der Waals surface area contributed by atoms with Gasteiger partial charge in [0.15, 0.2) is 0 Å². The van der Waals surface area contributed by atoms with E-state index in [1.165, 1.54) is 0 Å². The minimum absolute atomic E-state index is 0.403. The number of hydrogen-bond acceptors (Lipinski definition) is 3. The van der Waals surface area contributed by atoms with E-state index in [1.807, 2.05) is 0 Å². The zero-order valence-electron chi connectivity index (χ0n) is 4.30. The molecule has 0 aromatic rings. The van der Waals surface area contributed by atoms with Crippen LogP contribution >= 0.6 is 23.4 Å². The molecule has 0 saturated heterocycles. The van der Waals surface area contributed by atoms with Crippen molar-refractivity contribution in [2.75, 3.05) is 0 Å². The lowest BCUT2D eigenvalue weighted by Crippen LogP contribution is -1.83. The highest BCUT2D eigenvalue weighted by Crippen LogP contribution is 2.29. The first-order chi connectivity index (χ1) is 4.20. The molecule has 0 spiro atoms. The summed E-state index contributed by atoms with van der Waals surface area (Å²) < 4.78 is 21.3. The van der Waals surface area contributed by atoms with Crippen molar-refractivity contribution in [3.8, 4) is 0 Å². The number of hydrogen-bond donors (Lipinski definition) is 0. The molecule has 5 heteroatoms. The lowest BCUT2D eigenvalue weighted by Gasteiger charge is -1.81. The molecule has 1 aliphatic heterocycles. The Balaban J connectivity index is 2.92. The number of halogens is 1. The summed E-state index contributed by atoms with van der Waals surface area (Å²) in [4.78, 5) is 0. The monoisotopic (exact) mass is 182 g/mol. The summed E-state index contributed by atoms with van der Waals surface area (Å²) in [5.74, 6) is 0. The molecule has 0 unspecified atom stereocenters. The quantitative estimate of drug-likeness (QED) is 0.529. The molecule has 2 nitrogen and oxygen atoms in total. The molecule has 0 aliphatic carbocycles. The van der Waals surface area contributed by atoms with Crippen LogP contribution in [0.4, 0.5) is 0 Å². The molecule has 0 aromatic carbocycles. The van der Waals surface area contributed by atoms with Gasteiger partial charge in [-0.2, -0.15) is 8.42 Å². The van der Waals surface area contributed by atoms with Crippen molar-refractivity contribution in [2.45, 2.75) is 6.42 Å². The van der Waals surface area contributed by atoms with Gasteiger partial charge in [0, 0.05) is 6.42 Å². The maximum atomic E-state index is 10.2. The minimum atomic E-state index is -2.07. The van der Waals surface area contributed by atoms with E-state index >= 15 is 0 Å². The highest BCUT2D eigenvalue weighted by Gasteiger charge is 2.10. The lowest BCUT2D eigenvalue weighted by molar-refractivity contribution is 0.627. The Morgan fingerprint density at radius 1 is 1.67 bits per heavy atom. The first kappa shape index (κ1) is 7.18. The third kappa shape index (κ3) is 1.74. The topological polar surface area (TPSA) is 34.1 Å². The SMILES string of the molecule is O=S(=O)=C1CC=C(Cl)S1. The Hall–Kier alpha value is 0.0700. The highest BCUT2D eigenvalue weighted by molar-refractivity contribution is 8.25. The summed E-state index contributed by atoms with van der Waals surface area (Å²) in [6, 6.07) is 0. The summed E-state index contributed by atoms with van der Waals surface area (Å²) in [6.45, 7) is 0. The summed E-state index contributed by atoms with van der Waals surface area (Å²) in [7, 11) is -2.07. The molecule has 50 valence electrons. The number of thioether (sulfide) groups is 1. The molecule has 0 fully saturated rings. The summed E-state index contributed by atoms with van der Waals surface area (Å²) in [5.41, 5.74) is 0. The van der Waals surface area contributed by atoms with E-state index in [9.17, 15) is 8.42 Å². The fourth-order valence-corrected chi connectivity index (χ4v) is 2.26. The smallest absolute Gasteiger partial charge is 0.184 e. The second kappa shape index (κ2) is 2.77. The van der Waals surface area contributed by atoms with Crippen molar-refractivity contribution in [2.24, 2.45) is 0 Å². The van der Waals surface area contributed by atoms with Gasteiger partial charge in [0.25, 0.3) is 0 Å². The zero-order valence-corrected chi connectivity index (χ0v) is 6.68. The van der Waals surface area contributed by atoms with Crippen LogP contribution in [0.15, 0.2) is 10.4 Å². The molecule has 0 N–H and O–H groups in total. The fraction of sp³-hybridized carbons (Fsp3) is 0.250. The van der Waals surface area contributed by atoms with Crippen LogP contribution in [0.1, 0.15) is 6.42 Å². The van der Waals surface area contributed by atoms with E-state index in [4.69, 9.17) is 11.6 Å². The van der Waals surface area contributed by atoms with Gasteiger partial charge < -0.3 is 0 Å². The minimum Gasteiger partial charge on any atom is -0.184 e. The van der Waals surface area contributed by atoms with Gasteiger partial charge in [-0.25, -0.2) is 0 Å². The first-order valence-corrected chi connectivity index (χ1v) is 4.45. The average molecular weight is 183 g/mol. The van der Waals surface area contributed by atoms with Crippen molar-refractivity contribution >= 4 is 37.9 Å². The number of allylic oxidation sites excluding steroid dienone is 1. The van der Waals surface area contributed by atoms with Crippen molar-refractivity contribution < 1.29 is 8.42 Å². The van der Waals surface area contributed by atoms with E-state index in [-0.39, 0.29) is 0 Å². The lowest BCUT2D eigenvalue weighted by atomic mass is 10.5. The third-order valence-corrected chi connectivity index (χ3v) is 3.16. The maximum Gasteiger partial charge on any atom is 0.224 e. The van der Waals surface area contributed by atoms with Gasteiger partial charge in [0.05, 0.1) is 4.36 Å². The molecule has 0 saturated carbocycles. The van der Waals surface area contributed by atoms with Gasteiger partial charge >= 0.3 is 0 Å². The van der Waals surface area contributed by atoms with E-state index in [2.05, 4.69) is 0 Å². The van der Waals surface area contributed by atoms with Crippen LogP contribution < -0.4 is 0 Å². The van der Waals surface area contributed by atoms with Gasteiger partial charge in [0.2, 0.25) is 10.3 Å². The van der Waals surface area contributed by atoms with Crippen molar-refractivity contribution in [1.29, 1.82) is 0 Å². The maximum absolute atomic E-state index is 10.2. The third-order valence-electron chi connectivity index (χ3n) is 0.826. The van der Waals surface area contributed by atoms with Crippen molar-refractivity contribution in [1.82, 2.24) is 0 Å². The fourth-order valence-electron chi connectivity index (χ4n) is 0.458. The van der Waals surface area contributed by atoms with Crippen molar-refractivity contribution in [3.63, 3.8) is 0 Å². The van der Waals surface area contributed by atoms with Crippen LogP contribution in [0.2, 0.25) is 0 Å². The molecule has 0 radical (unpaired) electrons. The highest BCUT2D eigenvalue weighted by atomic mass is 35.5. The summed E-state index contributed by atoms with van der Waals surface area (Å²) in [6.07, 6.45) is 2.14. The van der Waals surface area contributed by atoms with Crippen LogP contribution in [0.25, 0.3) is 0 Å². The molecule has 1 heterocycles. The Labute approximate surface area is 63.4 Å². The molecule has 0 bridgehead atoms. The van der Waals surface area contributed by atoms with Gasteiger partial charge in [-0.15, -0.1) is 0 Å². The average Bonchev–Trinajstić information content (AvgIpc) is 2.14. The van der Waals surface area contributed by atoms with Crippen LogP contribution in [0.3, 0.4) is 0 Å².